The van der Waals surface area contributed by atoms with E-state index in [1.54, 1.807) is 57.2 Å². The number of carbonyl (C=O) groups excluding carboxylic acids is 1. The zero-order valence-electron chi connectivity index (χ0n) is 29.9. The SMILES string of the molecule is CCOP(=O)(CC(=O)Nc1ccc(F)c(Nc2ccc(C)cc2CC(=O)O)c1Cl)OCC.Cc1ccc(Nc2c(F)ccc([N+](=O)[O-])c2Cl)c(CC(=O)O)c1. The number of carboxylic acids is 2. The van der Waals surface area contributed by atoms with Crippen LogP contribution in [-0.4, -0.2) is 52.4 Å². The second-order valence-electron chi connectivity index (χ2n) is 11.7. The summed E-state index contributed by atoms with van der Waals surface area (Å²) < 4.78 is 51.3. The molecule has 0 unspecified atom stereocenters. The van der Waals surface area contributed by atoms with Crippen molar-refractivity contribution in [2.45, 2.75) is 40.5 Å². The van der Waals surface area contributed by atoms with Gasteiger partial charge in [-0.3, -0.25) is 29.1 Å². The summed E-state index contributed by atoms with van der Waals surface area (Å²) in [6, 6.07) is 14.2. The highest BCUT2D eigenvalue weighted by molar-refractivity contribution is 7.54. The molecule has 0 saturated carbocycles. The second kappa shape index (κ2) is 20.0. The van der Waals surface area contributed by atoms with Gasteiger partial charge in [0.05, 0.1) is 47.4 Å². The average Bonchev–Trinajstić information content (AvgIpc) is 3.07. The predicted octanol–water partition coefficient (Wildman–Crippen LogP) is 9.43. The maximum atomic E-state index is 14.5. The van der Waals surface area contributed by atoms with Crippen LogP contribution in [0.3, 0.4) is 0 Å². The lowest BCUT2D eigenvalue weighted by Gasteiger charge is -2.18. The quantitative estimate of drug-likeness (QED) is 0.0407. The van der Waals surface area contributed by atoms with Crippen molar-refractivity contribution in [3.05, 3.63) is 115 Å². The van der Waals surface area contributed by atoms with Crippen LogP contribution < -0.4 is 16.0 Å². The summed E-state index contributed by atoms with van der Waals surface area (Å²) in [4.78, 5) is 44.7. The van der Waals surface area contributed by atoms with Gasteiger partial charge in [0.15, 0.2) is 0 Å². The molecule has 0 radical (unpaired) electrons. The molecule has 0 aliphatic heterocycles. The van der Waals surface area contributed by atoms with Gasteiger partial charge in [0.25, 0.3) is 5.69 Å². The lowest BCUT2D eigenvalue weighted by atomic mass is 10.1. The van der Waals surface area contributed by atoms with Crippen molar-refractivity contribution in [3.8, 4) is 0 Å². The number of nitro benzene ring substituents is 1. The Bertz CT molecular complexity index is 2130. The fourth-order valence-corrected chi connectivity index (χ4v) is 7.02. The molecule has 1 amide bonds. The molecule has 0 aliphatic carbocycles. The minimum atomic E-state index is -3.63. The van der Waals surface area contributed by atoms with Crippen LogP contribution in [0.1, 0.15) is 36.1 Å². The highest BCUT2D eigenvalue weighted by Gasteiger charge is 2.28. The Morgan fingerprint density at radius 3 is 1.64 bits per heavy atom. The first kappa shape index (κ1) is 44.3. The van der Waals surface area contributed by atoms with Crippen molar-refractivity contribution in [2.24, 2.45) is 0 Å². The van der Waals surface area contributed by atoms with Gasteiger partial charge in [0.2, 0.25) is 5.91 Å². The topological polar surface area (TPSA) is 206 Å². The van der Waals surface area contributed by atoms with Gasteiger partial charge >= 0.3 is 19.5 Å². The second-order valence-corrected chi connectivity index (χ2v) is 14.5. The van der Waals surface area contributed by atoms with Crippen LogP contribution in [0.25, 0.3) is 0 Å². The van der Waals surface area contributed by atoms with E-state index in [1.807, 2.05) is 6.92 Å². The number of carbonyl (C=O) groups is 3. The number of carboxylic acid groups (broad SMARTS) is 2. The van der Waals surface area contributed by atoms with Crippen LogP contribution in [0.5, 0.6) is 0 Å². The van der Waals surface area contributed by atoms with Crippen LogP contribution >= 0.6 is 30.8 Å². The van der Waals surface area contributed by atoms with Gasteiger partial charge in [-0.25, -0.2) is 8.78 Å². The van der Waals surface area contributed by atoms with Gasteiger partial charge in [0, 0.05) is 17.4 Å². The van der Waals surface area contributed by atoms with E-state index in [0.29, 0.717) is 22.5 Å². The highest BCUT2D eigenvalue weighted by Crippen LogP contribution is 2.48. The maximum absolute atomic E-state index is 14.5. The summed E-state index contributed by atoms with van der Waals surface area (Å²) in [6.07, 6.45) is -1.09. The fraction of sp³-hybridized carbons (Fsp3) is 0.250. The number of halogens is 4. The normalized spacial score (nSPS) is 10.9. The number of aryl methyl sites for hydroxylation is 2. The highest BCUT2D eigenvalue weighted by atomic mass is 35.5. The molecule has 0 saturated heterocycles. The van der Waals surface area contributed by atoms with E-state index >= 15 is 0 Å². The molecule has 0 fully saturated rings. The molecule has 0 spiro atoms. The molecule has 0 heterocycles. The molecule has 55 heavy (non-hydrogen) atoms. The minimum absolute atomic E-state index is 0.0759. The number of benzene rings is 4. The summed E-state index contributed by atoms with van der Waals surface area (Å²) in [6.45, 7) is 7.05. The summed E-state index contributed by atoms with van der Waals surface area (Å²) in [7, 11) is -3.63. The Balaban J connectivity index is 0.000000311. The molecule has 5 N–H and O–H groups in total. The van der Waals surface area contributed by atoms with Crippen LogP contribution in [0, 0.1) is 35.6 Å². The smallest absolute Gasteiger partial charge is 0.340 e. The summed E-state index contributed by atoms with van der Waals surface area (Å²) in [5.74, 6) is -4.26. The predicted molar refractivity (Wildman–Crippen MR) is 205 cm³/mol. The van der Waals surface area contributed by atoms with Crippen LogP contribution in [0.2, 0.25) is 10.0 Å². The van der Waals surface area contributed by atoms with Crippen molar-refractivity contribution in [1.82, 2.24) is 0 Å². The van der Waals surface area contributed by atoms with E-state index < -0.39 is 53.8 Å². The van der Waals surface area contributed by atoms with Gasteiger partial charge in [-0.2, -0.15) is 0 Å². The Labute approximate surface area is 324 Å². The molecule has 4 aromatic carbocycles. The monoisotopic (exact) mass is 824 g/mol. The van der Waals surface area contributed by atoms with Crippen molar-refractivity contribution in [3.63, 3.8) is 0 Å². The third-order valence-electron chi connectivity index (χ3n) is 7.35. The van der Waals surface area contributed by atoms with E-state index in [0.717, 1.165) is 29.3 Å². The summed E-state index contributed by atoms with van der Waals surface area (Å²) in [5, 5.41) is 36.5. The molecule has 19 heteroatoms. The number of anilines is 5. The summed E-state index contributed by atoms with van der Waals surface area (Å²) >= 11 is 12.2. The van der Waals surface area contributed by atoms with E-state index in [1.165, 1.54) is 6.07 Å². The van der Waals surface area contributed by atoms with Crippen molar-refractivity contribution < 1.29 is 51.9 Å². The zero-order valence-corrected chi connectivity index (χ0v) is 32.3. The molecule has 4 rings (SSSR count). The molecule has 0 atom stereocenters. The Hall–Kier alpha value is -5.12. The standard InChI is InChI=1S/C21H25ClFN2O6P.C15H12ClFN2O4/c1-4-30-32(29,31-5-2)12-18(26)24-17-9-7-15(23)21(20(17)22)25-16-8-6-13(3)10-14(16)11-19(27)28;1-8-2-4-11(9(6-8)7-13(20)21)18-15-10(17)3-5-12(14(15)16)19(22)23/h6-10,25H,4-5,11-12H2,1-3H3,(H,24,26)(H,27,28);2-6,18H,7H2,1H3,(H,20,21). The Morgan fingerprint density at radius 1 is 0.764 bits per heavy atom. The Morgan fingerprint density at radius 2 is 1.20 bits per heavy atom. The maximum Gasteiger partial charge on any atom is 0.340 e. The van der Waals surface area contributed by atoms with E-state index in [9.17, 15) is 37.8 Å². The van der Waals surface area contributed by atoms with Crippen molar-refractivity contribution >= 4 is 82.8 Å². The van der Waals surface area contributed by atoms with Crippen molar-refractivity contribution in [1.29, 1.82) is 0 Å². The summed E-state index contributed by atoms with van der Waals surface area (Å²) in [5.41, 5.74) is 2.43. The van der Waals surface area contributed by atoms with Crippen LogP contribution in [0.15, 0.2) is 60.7 Å². The van der Waals surface area contributed by atoms with Gasteiger partial charge in [0.1, 0.15) is 28.5 Å². The number of nitro groups is 1. The van der Waals surface area contributed by atoms with Crippen LogP contribution in [0.4, 0.5) is 42.9 Å². The molecule has 0 aliphatic rings. The molecular formula is C36H37Cl2F2N4O10P. The van der Waals surface area contributed by atoms with Gasteiger partial charge in [-0.1, -0.05) is 58.6 Å². The minimum Gasteiger partial charge on any atom is -0.481 e. The first-order valence-corrected chi connectivity index (χ1v) is 18.8. The molecule has 4 aromatic rings. The molecule has 0 aromatic heterocycles. The molecular weight excluding hydrogens is 788 g/mol. The number of aliphatic carboxylic acids is 2. The third-order valence-corrected chi connectivity index (χ3v) is 10.1. The lowest BCUT2D eigenvalue weighted by Crippen LogP contribution is -2.19. The number of rotatable bonds is 16. The number of hydrogen-bond acceptors (Lipinski definition) is 10. The zero-order chi connectivity index (χ0) is 41.0. The largest absolute Gasteiger partial charge is 0.481 e. The lowest BCUT2D eigenvalue weighted by molar-refractivity contribution is -0.384. The Kier molecular flexibility index (Phi) is 16.1. The van der Waals surface area contributed by atoms with Gasteiger partial charge in [-0.05, 0) is 69.2 Å². The van der Waals surface area contributed by atoms with E-state index in [4.69, 9.17) is 42.5 Å². The molecule has 14 nitrogen and oxygen atoms in total. The first-order chi connectivity index (χ1) is 25.9. The third kappa shape index (κ3) is 12.7. The first-order valence-electron chi connectivity index (χ1n) is 16.3. The van der Waals surface area contributed by atoms with Crippen molar-refractivity contribution in [2.75, 3.05) is 35.3 Å². The number of hydrogen-bond donors (Lipinski definition) is 5. The van der Waals surface area contributed by atoms with Gasteiger partial charge < -0.3 is 35.2 Å². The molecule has 294 valence electrons. The number of amides is 1. The number of nitrogens with one attached hydrogen (secondary N) is 3. The average molecular weight is 826 g/mol. The molecule has 0 bridgehead atoms. The van der Waals surface area contributed by atoms with Crippen LogP contribution in [-0.2, 0) is 40.8 Å². The fourth-order valence-electron chi connectivity index (χ4n) is 5.02. The van der Waals surface area contributed by atoms with E-state index in [2.05, 4.69) is 16.0 Å². The number of nitrogens with zero attached hydrogens (tertiary/aromatic N) is 1. The van der Waals surface area contributed by atoms with E-state index in [-0.39, 0.29) is 53.2 Å². The van der Waals surface area contributed by atoms with Gasteiger partial charge in [-0.15, -0.1) is 0 Å².